The Hall–Kier alpha value is -2.69. The lowest BCUT2D eigenvalue weighted by atomic mass is 9.86. The molecule has 2 aromatic rings. The van der Waals surface area contributed by atoms with Gasteiger partial charge in [0.15, 0.2) is 0 Å². The summed E-state index contributed by atoms with van der Waals surface area (Å²) in [6, 6.07) is 12.1. The normalized spacial score (nSPS) is 20.4. The predicted molar refractivity (Wildman–Crippen MR) is 98.3 cm³/mol. The molecule has 1 unspecified atom stereocenters. The van der Waals surface area contributed by atoms with Crippen LogP contribution < -0.4 is 21.3 Å². The summed E-state index contributed by atoms with van der Waals surface area (Å²) < 4.78 is 0. The number of carbonyl (C=O) groups is 1. The minimum atomic E-state index is -0.485. The predicted octanol–water partition coefficient (Wildman–Crippen LogP) is 3.45. The molecule has 0 bridgehead atoms. The van der Waals surface area contributed by atoms with Crippen molar-refractivity contribution in [2.75, 3.05) is 27.8 Å². The first-order valence-corrected chi connectivity index (χ1v) is 8.31. The van der Waals surface area contributed by atoms with Gasteiger partial charge in [0.25, 0.3) is 0 Å². The second kappa shape index (κ2) is 4.90. The summed E-state index contributed by atoms with van der Waals surface area (Å²) >= 11 is 0. The zero-order chi connectivity index (χ0) is 17.1. The minimum absolute atomic E-state index is 0.0111. The molecule has 4 N–H and O–H groups in total. The van der Waals surface area contributed by atoms with E-state index in [9.17, 15) is 4.79 Å². The first-order valence-electron chi connectivity index (χ1n) is 8.31. The average molecular weight is 322 g/mol. The fraction of sp³-hybridized carbons (Fsp3) is 0.316. The third-order valence-electron chi connectivity index (χ3n) is 5.07. The van der Waals surface area contributed by atoms with Gasteiger partial charge in [0.1, 0.15) is 6.17 Å². The van der Waals surface area contributed by atoms with E-state index >= 15 is 0 Å². The molecule has 0 aliphatic carbocycles. The van der Waals surface area contributed by atoms with Crippen LogP contribution in [-0.2, 0) is 10.2 Å². The zero-order valence-corrected chi connectivity index (χ0v) is 14.2. The second-order valence-electron chi connectivity index (χ2n) is 6.98. The molecule has 4 rings (SSSR count). The molecule has 0 radical (unpaired) electrons. The van der Waals surface area contributed by atoms with Crippen LogP contribution in [0.15, 0.2) is 36.4 Å². The molecule has 0 fully saturated rings. The third-order valence-corrected chi connectivity index (χ3v) is 5.07. The minimum Gasteiger partial charge on any atom is -0.399 e. The van der Waals surface area contributed by atoms with Crippen molar-refractivity contribution in [3.63, 3.8) is 0 Å². The Labute approximate surface area is 141 Å². The standard InChI is InChI=1S/C19H22N4O/c1-4-23-16-10-15-14(9-13(16)19(2,3)18(23)24)21-17(22-15)11-5-7-12(20)8-6-11/h5-10,17,21-22H,4,20H2,1-3H3. The van der Waals surface area contributed by atoms with Crippen LogP contribution in [-0.4, -0.2) is 12.5 Å². The molecule has 0 aromatic heterocycles. The van der Waals surface area contributed by atoms with Crippen molar-refractivity contribution in [2.45, 2.75) is 32.4 Å². The van der Waals surface area contributed by atoms with Gasteiger partial charge in [-0.05, 0) is 56.2 Å². The van der Waals surface area contributed by atoms with Crippen LogP contribution >= 0.6 is 0 Å². The van der Waals surface area contributed by atoms with Gasteiger partial charge < -0.3 is 21.3 Å². The van der Waals surface area contributed by atoms with Gasteiger partial charge in [-0.1, -0.05) is 12.1 Å². The number of nitrogens with two attached hydrogens (primary N) is 1. The van der Waals surface area contributed by atoms with E-state index in [-0.39, 0.29) is 12.1 Å². The lowest BCUT2D eigenvalue weighted by Crippen LogP contribution is -2.35. The van der Waals surface area contributed by atoms with Crippen LogP contribution in [0.25, 0.3) is 0 Å². The highest BCUT2D eigenvalue weighted by Gasteiger charge is 2.44. The maximum Gasteiger partial charge on any atom is 0.237 e. The molecule has 1 amide bonds. The summed E-state index contributed by atoms with van der Waals surface area (Å²) in [7, 11) is 0. The number of anilines is 4. The Morgan fingerprint density at radius 2 is 1.75 bits per heavy atom. The molecular formula is C19H22N4O. The summed E-state index contributed by atoms with van der Waals surface area (Å²) in [5.74, 6) is 0.166. The van der Waals surface area contributed by atoms with Crippen LogP contribution in [0, 0.1) is 0 Å². The quantitative estimate of drug-likeness (QED) is 0.741. The van der Waals surface area contributed by atoms with E-state index in [1.165, 1.54) is 0 Å². The molecule has 0 saturated carbocycles. The molecule has 124 valence electrons. The lowest BCUT2D eigenvalue weighted by molar-refractivity contribution is -0.122. The van der Waals surface area contributed by atoms with Crippen molar-refractivity contribution in [1.29, 1.82) is 0 Å². The Bertz CT molecular complexity index is 826. The van der Waals surface area contributed by atoms with Crippen LogP contribution in [0.4, 0.5) is 22.7 Å². The SMILES string of the molecule is CCN1C(=O)C(C)(C)c2cc3c(cc21)NC(c1ccc(N)cc1)N3. The molecule has 2 aliphatic rings. The number of nitrogens with one attached hydrogen (secondary N) is 2. The van der Waals surface area contributed by atoms with Crippen LogP contribution in [0.5, 0.6) is 0 Å². The summed E-state index contributed by atoms with van der Waals surface area (Å²) in [6.07, 6.45) is 0.0111. The number of amides is 1. The third kappa shape index (κ3) is 1.97. The fourth-order valence-electron chi connectivity index (χ4n) is 3.63. The molecule has 5 heteroatoms. The van der Waals surface area contributed by atoms with Gasteiger partial charge in [-0.25, -0.2) is 0 Å². The number of hydrogen-bond acceptors (Lipinski definition) is 4. The van der Waals surface area contributed by atoms with E-state index in [2.05, 4.69) is 22.8 Å². The van der Waals surface area contributed by atoms with E-state index in [0.29, 0.717) is 6.54 Å². The van der Waals surface area contributed by atoms with E-state index in [0.717, 1.165) is 33.9 Å². The van der Waals surface area contributed by atoms with Gasteiger partial charge in [-0.15, -0.1) is 0 Å². The number of nitrogen functional groups attached to an aromatic ring is 1. The monoisotopic (exact) mass is 322 g/mol. The summed E-state index contributed by atoms with van der Waals surface area (Å²) in [5.41, 5.74) is 11.3. The number of hydrogen-bond donors (Lipinski definition) is 3. The highest BCUT2D eigenvalue weighted by molar-refractivity contribution is 6.09. The molecule has 2 heterocycles. The largest absolute Gasteiger partial charge is 0.399 e. The Morgan fingerprint density at radius 3 is 2.38 bits per heavy atom. The first-order chi connectivity index (χ1) is 11.4. The lowest BCUT2D eigenvalue weighted by Gasteiger charge is -2.18. The number of carbonyl (C=O) groups excluding carboxylic acids is 1. The van der Waals surface area contributed by atoms with Gasteiger partial charge in [0.2, 0.25) is 5.91 Å². The first kappa shape index (κ1) is 14.9. The van der Waals surface area contributed by atoms with Crippen molar-refractivity contribution in [3.8, 4) is 0 Å². The number of likely N-dealkylation sites (N-methyl/N-ethyl adjacent to an activating group) is 1. The van der Waals surface area contributed by atoms with Crippen molar-refractivity contribution in [2.24, 2.45) is 0 Å². The van der Waals surface area contributed by atoms with Crippen LogP contribution in [0.2, 0.25) is 0 Å². The molecule has 2 aliphatic heterocycles. The van der Waals surface area contributed by atoms with Gasteiger partial charge in [0, 0.05) is 12.2 Å². The Kier molecular flexibility index (Phi) is 3.04. The molecule has 5 nitrogen and oxygen atoms in total. The zero-order valence-electron chi connectivity index (χ0n) is 14.2. The number of fused-ring (bicyclic) bond motifs is 2. The number of rotatable bonds is 2. The van der Waals surface area contributed by atoms with Crippen molar-refractivity contribution >= 4 is 28.7 Å². The Morgan fingerprint density at radius 1 is 1.12 bits per heavy atom. The van der Waals surface area contributed by atoms with Gasteiger partial charge in [-0.2, -0.15) is 0 Å². The van der Waals surface area contributed by atoms with Gasteiger partial charge >= 0.3 is 0 Å². The molecule has 1 atom stereocenters. The number of benzene rings is 2. The molecular weight excluding hydrogens is 300 g/mol. The van der Waals surface area contributed by atoms with Crippen LogP contribution in [0.1, 0.15) is 38.1 Å². The van der Waals surface area contributed by atoms with E-state index in [1.807, 2.05) is 49.9 Å². The fourth-order valence-corrected chi connectivity index (χ4v) is 3.63. The average Bonchev–Trinajstić information content (AvgIpc) is 3.05. The topological polar surface area (TPSA) is 70.4 Å². The van der Waals surface area contributed by atoms with Crippen LogP contribution in [0.3, 0.4) is 0 Å². The van der Waals surface area contributed by atoms with E-state index in [1.54, 1.807) is 0 Å². The highest BCUT2D eigenvalue weighted by atomic mass is 16.2. The maximum atomic E-state index is 12.6. The summed E-state index contributed by atoms with van der Waals surface area (Å²) in [5, 5.41) is 7.00. The van der Waals surface area contributed by atoms with Crippen molar-refractivity contribution in [3.05, 3.63) is 47.5 Å². The maximum absolute atomic E-state index is 12.6. The number of nitrogens with zero attached hydrogens (tertiary/aromatic N) is 1. The van der Waals surface area contributed by atoms with Crippen molar-refractivity contribution < 1.29 is 4.79 Å². The van der Waals surface area contributed by atoms with Gasteiger partial charge in [0.05, 0.1) is 22.5 Å². The van der Waals surface area contributed by atoms with Gasteiger partial charge in [-0.3, -0.25) is 4.79 Å². The molecule has 2 aromatic carbocycles. The second-order valence-corrected chi connectivity index (χ2v) is 6.98. The smallest absolute Gasteiger partial charge is 0.237 e. The summed E-state index contributed by atoms with van der Waals surface area (Å²) in [4.78, 5) is 14.5. The van der Waals surface area contributed by atoms with Crippen molar-refractivity contribution in [1.82, 2.24) is 0 Å². The Balaban J connectivity index is 1.72. The molecule has 24 heavy (non-hydrogen) atoms. The molecule has 0 saturated heterocycles. The van der Waals surface area contributed by atoms with E-state index < -0.39 is 5.41 Å². The summed E-state index contributed by atoms with van der Waals surface area (Å²) in [6.45, 7) is 6.69. The van der Waals surface area contributed by atoms with E-state index in [4.69, 9.17) is 5.73 Å². The molecule has 0 spiro atoms. The highest BCUT2D eigenvalue weighted by Crippen LogP contribution is 2.48.